The minimum atomic E-state index is -0.574. The van der Waals surface area contributed by atoms with E-state index in [0.717, 1.165) is 12.8 Å². The second kappa shape index (κ2) is 6.06. The summed E-state index contributed by atoms with van der Waals surface area (Å²) in [6.45, 7) is 8.18. The highest BCUT2D eigenvalue weighted by Gasteiger charge is 2.51. The fraction of sp³-hybridized carbons (Fsp3) is 0.556. The van der Waals surface area contributed by atoms with Crippen LogP contribution in [-0.4, -0.2) is 28.5 Å². The first-order valence-corrected chi connectivity index (χ1v) is 8.97. The third-order valence-electron chi connectivity index (χ3n) is 5.41. The van der Waals surface area contributed by atoms with Crippen molar-refractivity contribution in [3.8, 4) is 0 Å². The van der Waals surface area contributed by atoms with Gasteiger partial charge in [0.25, 0.3) is 5.95 Å². The first-order chi connectivity index (χ1) is 12.2. The van der Waals surface area contributed by atoms with Crippen molar-refractivity contribution in [3.05, 3.63) is 35.5 Å². The number of benzene rings is 1. The maximum Gasteiger partial charge on any atom is 0.494 e. The number of nitrogens with one attached hydrogen (secondary N) is 1. The molecule has 2 fully saturated rings. The summed E-state index contributed by atoms with van der Waals surface area (Å²) in [4.78, 5) is 4.28. The molecule has 1 aromatic carbocycles. The van der Waals surface area contributed by atoms with E-state index in [0.29, 0.717) is 28.8 Å². The van der Waals surface area contributed by atoms with E-state index in [2.05, 4.69) is 15.5 Å². The Morgan fingerprint density at radius 1 is 1.19 bits per heavy atom. The molecule has 1 saturated heterocycles. The molecule has 0 radical (unpaired) electrons. The maximum absolute atomic E-state index is 14.5. The zero-order valence-electron chi connectivity index (χ0n) is 15.5. The highest BCUT2D eigenvalue weighted by atomic mass is 19.1. The molecule has 0 bridgehead atoms. The summed E-state index contributed by atoms with van der Waals surface area (Å²) in [6.07, 6.45) is 2.19. The van der Waals surface area contributed by atoms with Crippen molar-refractivity contribution in [1.29, 1.82) is 0 Å². The fourth-order valence-electron chi connectivity index (χ4n) is 2.81. The molecule has 1 aromatic heterocycles. The van der Waals surface area contributed by atoms with Gasteiger partial charge in [0.1, 0.15) is 5.82 Å². The molecule has 1 aliphatic heterocycles. The summed E-state index contributed by atoms with van der Waals surface area (Å²) in [5.41, 5.74) is 0.280. The molecule has 4 rings (SSSR count). The van der Waals surface area contributed by atoms with E-state index < -0.39 is 18.3 Å². The predicted molar refractivity (Wildman–Crippen MR) is 95.7 cm³/mol. The van der Waals surface area contributed by atoms with Crippen LogP contribution in [-0.2, 0) is 15.9 Å². The van der Waals surface area contributed by atoms with Gasteiger partial charge in [-0.1, -0.05) is 12.1 Å². The molecule has 8 heteroatoms. The SMILES string of the molecule is CC1(C)OB(c2ccc(CNc3noc(C4CC4)n3)c(F)c2)OC1(C)C. The Balaban J connectivity index is 1.42. The van der Waals surface area contributed by atoms with Crippen molar-refractivity contribution in [2.75, 3.05) is 5.32 Å². The molecule has 2 aromatic rings. The van der Waals surface area contributed by atoms with Gasteiger partial charge >= 0.3 is 7.12 Å². The number of aromatic nitrogens is 2. The number of rotatable bonds is 5. The average Bonchev–Trinajstić information content (AvgIpc) is 3.26. The smallest absolute Gasteiger partial charge is 0.399 e. The van der Waals surface area contributed by atoms with E-state index in [-0.39, 0.29) is 12.4 Å². The number of halogens is 1. The van der Waals surface area contributed by atoms with E-state index in [1.54, 1.807) is 6.07 Å². The predicted octanol–water partition coefficient (Wildman–Crippen LogP) is 3.00. The molecule has 1 saturated carbocycles. The molecule has 0 atom stereocenters. The molecule has 1 N–H and O–H groups in total. The van der Waals surface area contributed by atoms with E-state index in [9.17, 15) is 4.39 Å². The second-order valence-electron chi connectivity index (χ2n) is 8.02. The first-order valence-electron chi connectivity index (χ1n) is 8.97. The quantitative estimate of drug-likeness (QED) is 0.828. The lowest BCUT2D eigenvalue weighted by molar-refractivity contribution is 0.00578. The van der Waals surface area contributed by atoms with Crippen molar-refractivity contribution in [3.63, 3.8) is 0 Å². The number of hydrogen-bond donors (Lipinski definition) is 1. The van der Waals surface area contributed by atoms with Crippen LogP contribution < -0.4 is 10.8 Å². The number of hydrogen-bond acceptors (Lipinski definition) is 6. The Labute approximate surface area is 152 Å². The molecular formula is C18H23BFN3O3. The van der Waals surface area contributed by atoms with E-state index in [1.165, 1.54) is 6.07 Å². The van der Waals surface area contributed by atoms with Gasteiger partial charge in [-0.3, -0.25) is 0 Å². The lowest BCUT2D eigenvalue weighted by Gasteiger charge is -2.32. The lowest BCUT2D eigenvalue weighted by Crippen LogP contribution is -2.41. The third-order valence-corrected chi connectivity index (χ3v) is 5.41. The van der Waals surface area contributed by atoms with Crippen LogP contribution in [0.2, 0.25) is 0 Å². The summed E-state index contributed by atoms with van der Waals surface area (Å²) in [5, 5.41) is 6.88. The van der Waals surface area contributed by atoms with Crippen LogP contribution in [0.25, 0.3) is 0 Å². The zero-order chi connectivity index (χ0) is 18.5. The molecule has 2 aliphatic rings. The van der Waals surface area contributed by atoms with Crippen molar-refractivity contribution < 1.29 is 18.2 Å². The molecule has 6 nitrogen and oxygen atoms in total. The molecule has 0 spiro atoms. The molecule has 138 valence electrons. The molecule has 26 heavy (non-hydrogen) atoms. The minimum Gasteiger partial charge on any atom is -0.399 e. The van der Waals surface area contributed by atoms with E-state index >= 15 is 0 Å². The molecule has 2 heterocycles. The summed E-state index contributed by atoms with van der Waals surface area (Å²) >= 11 is 0. The first kappa shape index (κ1) is 17.5. The van der Waals surface area contributed by atoms with Crippen molar-refractivity contribution in [2.24, 2.45) is 0 Å². The molecule has 0 unspecified atom stereocenters. The number of nitrogens with zero attached hydrogens (tertiary/aromatic N) is 2. The van der Waals surface area contributed by atoms with Crippen LogP contribution in [0.4, 0.5) is 10.3 Å². The van der Waals surface area contributed by atoms with Crippen LogP contribution in [0.3, 0.4) is 0 Å². The summed E-state index contributed by atoms with van der Waals surface area (Å²) in [6, 6.07) is 5.02. The topological polar surface area (TPSA) is 69.4 Å². The van der Waals surface area contributed by atoms with Gasteiger partial charge < -0.3 is 19.1 Å². The van der Waals surface area contributed by atoms with Gasteiger partial charge in [0.2, 0.25) is 5.89 Å². The monoisotopic (exact) mass is 359 g/mol. The van der Waals surface area contributed by atoms with Gasteiger partial charge in [-0.05, 0) is 57.2 Å². The normalized spacial score (nSPS) is 21.2. The highest BCUT2D eigenvalue weighted by molar-refractivity contribution is 6.62. The van der Waals surface area contributed by atoms with Crippen LogP contribution in [0.1, 0.15) is 57.9 Å². The van der Waals surface area contributed by atoms with Crippen LogP contribution >= 0.6 is 0 Å². The number of anilines is 1. The van der Waals surface area contributed by atoms with Crippen molar-refractivity contribution in [1.82, 2.24) is 10.1 Å². The van der Waals surface area contributed by atoms with Crippen LogP contribution in [0, 0.1) is 5.82 Å². The van der Waals surface area contributed by atoms with Crippen LogP contribution in [0.5, 0.6) is 0 Å². The molecular weight excluding hydrogens is 336 g/mol. The molecule has 0 amide bonds. The molecule has 1 aliphatic carbocycles. The third kappa shape index (κ3) is 3.23. The van der Waals surface area contributed by atoms with Gasteiger partial charge in [0, 0.05) is 18.0 Å². The van der Waals surface area contributed by atoms with E-state index in [1.807, 2.05) is 33.8 Å². The average molecular weight is 359 g/mol. The summed E-state index contributed by atoms with van der Waals surface area (Å²) < 4.78 is 31.6. The van der Waals surface area contributed by atoms with Gasteiger partial charge in [0.05, 0.1) is 11.2 Å². The fourth-order valence-corrected chi connectivity index (χ4v) is 2.81. The van der Waals surface area contributed by atoms with Gasteiger partial charge in [-0.15, -0.1) is 0 Å². The minimum absolute atomic E-state index is 0.277. The highest BCUT2D eigenvalue weighted by Crippen LogP contribution is 2.39. The van der Waals surface area contributed by atoms with E-state index in [4.69, 9.17) is 13.8 Å². The Hall–Kier alpha value is -1.93. The van der Waals surface area contributed by atoms with Gasteiger partial charge in [-0.25, -0.2) is 4.39 Å². The summed E-state index contributed by atoms with van der Waals surface area (Å²) in [7, 11) is -0.574. The van der Waals surface area contributed by atoms with Crippen LogP contribution in [0.15, 0.2) is 22.7 Å². The maximum atomic E-state index is 14.5. The lowest BCUT2D eigenvalue weighted by atomic mass is 9.78. The largest absolute Gasteiger partial charge is 0.494 e. The van der Waals surface area contributed by atoms with Gasteiger partial charge in [-0.2, -0.15) is 4.98 Å². The summed E-state index contributed by atoms with van der Waals surface area (Å²) in [5.74, 6) is 1.12. The van der Waals surface area contributed by atoms with Gasteiger partial charge in [0.15, 0.2) is 0 Å². The Morgan fingerprint density at radius 2 is 1.88 bits per heavy atom. The zero-order valence-corrected chi connectivity index (χ0v) is 15.5. The van der Waals surface area contributed by atoms with Crippen molar-refractivity contribution >= 4 is 18.5 Å². The van der Waals surface area contributed by atoms with Crippen molar-refractivity contribution in [2.45, 2.75) is 64.2 Å². The Morgan fingerprint density at radius 3 is 2.50 bits per heavy atom. The Bertz CT molecular complexity index is 804. The second-order valence-corrected chi connectivity index (χ2v) is 8.02. The standard InChI is InChI=1S/C18H23BFN3O3/c1-17(2)18(3,4)26-19(25-17)13-8-7-12(14(20)9-13)10-21-16-22-15(24-23-16)11-5-6-11/h7-9,11H,5-6,10H2,1-4H3,(H,21,23). The Kier molecular flexibility index (Phi) is 4.08.